The number of carboxylic acids is 1. The minimum atomic E-state index is -1.69. The van der Waals surface area contributed by atoms with Crippen molar-refractivity contribution in [1.29, 1.82) is 0 Å². The molecule has 0 rings (SSSR count). The average molecular weight is 245 g/mol. The summed E-state index contributed by atoms with van der Waals surface area (Å²) in [5, 5.41) is 20.3. The van der Waals surface area contributed by atoms with Crippen molar-refractivity contribution in [3.8, 4) is 0 Å². The maximum absolute atomic E-state index is 11.4. The highest BCUT2D eigenvalue weighted by Gasteiger charge is 2.28. The van der Waals surface area contributed by atoms with Crippen molar-refractivity contribution in [1.82, 2.24) is 5.32 Å². The minimum absolute atomic E-state index is 0.132. The third kappa shape index (κ3) is 6.57. The molecule has 98 valence electrons. The highest BCUT2D eigenvalue weighted by molar-refractivity contribution is 5.75. The second-order valence-electron chi connectivity index (χ2n) is 4.56. The van der Waals surface area contributed by atoms with E-state index in [1.165, 1.54) is 6.08 Å². The number of aliphatic hydroxyl groups is 1. The lowest BCUT2D eigenvalue weighted by Crippen LogP contribution is -2.48. The van der Waals surface area contributed by atoms with Gasteiger partial charge in [0.05, 0.1) is 6.04 Å². The Labute approximate surface area is 100 Å². The third-order valence-corrected chi connectivity index (χ3v) is 1.76. The van der Waals surface area contributed by atoms with E-state index in [4.69, 9.17) is 9.84 Å². The molecule has 0 fully saturated rings. The van der Waals surface area contributed by atoms with Crippen molar-refractivity contribution >= 4 is 12.1 Å². The number of carbonyl (C=O) groups excluding carboxylic acids is 1. The van der Waals surface area contributed by atoms with Gasteiger partial charge in [-0.05, 0) is 27.2 Å². The molecule has 0 aromatic heterocycles. The van der Waals surface area contributed by atoms with Crippen molar-refractivity contribution in [2.24, 2.45) is 0 Å². The number of carbonyl (C=O) groups is 2. The van der Waals surface area contributed by atoms with Crippen molar-refractivity contribution in [3.63, 3.8) is 0 Å². The number of rotatable bonds is 5. The molecule has 0 saturated heterocycles. The van der Waals surface area contributed by atoms with Gasteiger partial charge in [0.25, 0.3) is 0 Å². The van der Waals surface area contributed by atoms with Gasteiger partial charge in [0.2, 0.25) is 0 Å². The Hall–Kier alpha value is -1.56. The molecule has 0 aliphatic rings. The Balaban J connectivity index is 4.49. The Morgan fingerprint density at radius 2 is 2.00 bits per heavy atom. The summed E-state index contributed by atoms with van der Waals surface area (Å²) >= 11 is 0. The van der Waals surface area contributed by atoms with Gasteiger partial charge in [-0.25, -0.2) is 9.59 Å². The van der Waals surface area contributed by atoms with E-state index in [9.17, 15) is 14.7 Å². The maximum atomic E-state index is 11.4. The van der Waals surface area contributed by atoms with Gasteiger partial charge in [-0.15, -0.1) is 6.58 Å². The first kappa shape index (κ1) is 15.4. The van der Waals surface area contributed by atoms with Crippen LogP contribution in [0.25, 0.3) is 0 Å². The summed E-state index contributed by atoms with van der Waals surface area (Å²) in [6.07, 6.45) is -0.925. The Kier molecular flexibility index (Phi) is 5.67. The highest BCUT2D eigenvalue weighted by Crippen LogP contribution is 2.08. The van der Waals surface area contributed by atoms with Crippen LogP contribution in [-0.2, 0) is 9.53 Å². The largest absolute Gasteiger partial charge is 0.479 e. The second kappa shape index (κ2) is 6.24. The van der Waals surface area contributed by atoms with Crippen LogP contribution in [0.2, 0.25) is 0 Å². The van der Waals surface area contributed by atoms with Gasteiger partial charge in [-0.1, -0.05) is 6.08 Å². The monoisotopic (exact) mass is 245 g/mol. The normalized spacial score (nSPS) is 14.6. The zero-order valence-electron chi connectivity index (χ0n) is 10.3. The van der Waals surface area contributed by atoms with Crippen LogP contribution in [0.5, 0.6) is 0 Å². The molecule has 0 bridgehead atoms. The van der Waals surface area contributed by atoms with Crippen LogP contribution in [0.3, 0.4) is 0 Å². The Morgan fingerprint density at radius 3 is 2.35 bits per heavy atom. The van der Waals surface area contributed by atoms with E-state index in [-0.39, 0.29) is 6.42 Å². The molecule has 0 radical (unpaired) electrons. The predicted octanol–water partition coefficient (Wildman–Crippen LogP) is 0.901. The topological polar surface area (TPSA) is 95.9 Å². The third-order valence-electron chi connectivity index (χ3n) is 1.76. The molecule has 0 aromatic rings. The molecule has 0 spiro atoms. The molecule has 1 amide bonds. The van der Waals surface area contributed by atoms with Gasteiger partial charge in [0, 0.05) is 0 Å². The molecule has 2 atom stereocenters. The molecule has 0 aliphatic carbocycles. The number of amides is 1. The smallest absolute Gasteiger partial charge is 0.407 e. The summed E-state index contributed by atoms with van der Waals surface area (Å²) in [4.78, 5) is 22.0. The lowest BCUT2D eigenvalue weighted by Gasteiger charge is -2.24. The summed E-state index contributed by atoms with van der Waals surface area (Å²) in [6, 6.07) is -0.958. The summed E-state index contributed by atoms with van der Waals surface area (Å²) < 4.78 is 4.96. The van der Waals surface area contributed by atoms with Crippen LogP contribution >= 0.6 is 0 Å². The molecule has 17 heavy (non-hydrogen) atoms. The fourth-order valence-electron chi connectivity index (χ4n) is 1.08. The number of carboxylic acid groups (broad SMARTS) is 1. The van der Waals surface area contributed by atoms with Gasteiger partial charge < -0.3 is 20.3 Å². The zero-order valence-corrected chi connectivity index (χ0v) is 10.3. The first-order chi connectivity index (χ1) is 7.67. The van der Waals surface area contributed by atoms with E-state index in [2.05, 4.69) is 11.9 Å². The van der Waals surface area contributed by atoms with Crippen LogP contribution < -0.4 is 5.32 Å². The lowest BCUT2D eigenvalue weighted by molar-refractivity contribution is -0.148. The fraction of sp³-hybridized carbons (Fsp3) is 0.636. The van der Waals surface area contributed by atoms with E-state index in [0.717, 1.165) is 0 Å². The highest BCUT2D eigenvalue weighted by atomic mass is 16.6. The number of alkyl carbamates (subject to hydrolysis) is 1. The van der Waals surface area contributed by atoms with Gasteiger partial charge >= 0.3 is 12.1 Å². The number of aliphatic carboxylic acids is 1. The SMILES string of the molecule is C=CC[C@H](NC(=O)OC(C)(C)C)C(O)C(=O)O. The summed E-state index contributed by atoms with van der Waals surface area (Å²) in [5.41, 5.74) is -0.684. The number of aliphatic hydroxyl groups excluding tert-OH is 1. The maximum Gasteiger partial charge on any atom is 0.407 e. The van der Waals surface area contributed by atoms with Crippen LogP contribution in [0, 0.1) is 0 Å². The fourth-order valence-corrected chi connectivity index (χ4v) is 1.08. The zero-order chi connectivity index (χ0) is 13.6. The molecule has 3 N–H and O–H groups in total. The van der Waals surface area contributed by atoms with E-state index in [0.29, 0.717) is 0 Å². The first-order valence-electron chi connectivity index (χ1n) is 5.18. The van der Waals surface area contributed by atoms with Crippen molar-refractivity contribution < 1.29 is 24.5 Å². The van der Waals surface area contributed by atoms with Crippen molar-refractivity contribution in [2.75, 3.05) is 0 Å². The summed E-state index contributed by atoms with van der Waals surface area (Å²) in [7, 11) is 0. The molecule has 0 aromatic carbocycles. The predicted molar refractivity (Wildman–Crippen MR) is 61.6 cm³/mol. The number of ether oxygens (including phenoxy) is 1. The minimum Gasteiger partial charge on any atom is -0.479 e. The lowest BCUT2D eigenvalue weighted by atomic mass is 10.1. The van der Waals surface area contributed by atoms with Crippen molar-refractivity contribution in [3.05, 3.63) is 12.7 Å². The van der Waals surface area contributed by atoms with E-state index in [1.807, 2.05) is 0 Å². The van der Waals surface area contributed by atoms with Crippen LogP contribution in [0.15, 0.2) is 12.7 Å². The van der Waals surface area contributed by atoms with Gasteiger partial charge in [0.1, 0.15) is 5.60 Å². The van der Waals surface area contributed by atoms with E-state index < -0.39 is 29.8 Å². The number of hydrogen-bond acceptors (Lipinski definition) is 4. The summed E-state index contributed by atoms with van der Waals surface area (Å²) in [5.74, 6) is -1.41. The molecule has 0 heterocycles. The first-order valence-corrected chi connectivity index (χ1v) is 5.18. The molecule has 6 heteroatoms. The summed E-state index contributed by atoms with van der Waals surface area (Å²) in [6.45, 7) is 8.48. The molecule has 0 saturated carbocycles. The van der Waals surface area contributed by atoms with Gasteiger partial charge in [0.15, 0.2) is 6.10 Å². The van der Waals surface area contributed by atoms with Crippen molar-refractivity contribution in [2.45, 2.75) is 44.9 Å². The second-order valence-corrected chi connectivity index (χ2v) is 4.56. The Morgan fingerprint density at radius 1 is 1.47 bits per heavy atom. The van der Waals surface area contributed by atoms with Crippen LogP contribution in [-0.4, -0.2) is 40.0 Å². The van der Waals surface area contributed by atoms with Gasteiger partial charge in [-0.2, -0.15) is 0 Å². The molecule has 6 nitrogen and oxygen atoms in total. The van der Waals surface area contributed by atoms with E-state index in [1.54, 1.807) is 20.8 Å². The molecular weight excluding hydrogens is 226 g/mol. The van der Waals surface area contributed by atoms with Crippen LogP contribution in [0.4, 0.5) is 4.79 Å². The molecular formula is C11H19NO5. The van der Waals surface area contributed by atoms with Gasteiger partial charge in [-0.3, -0.25) is 0 Å². The Bertz CT molecular complexity index is 295. The van der Waals surface area contributed by atoms with Crippen LogP contribution in [0.1, 0.15) is 27.2 Å². The standard InChI is InChI=1S/C11H19NO5/c1-5-6-7(8(13)9(14)15)12-10(16)17-11(2,3)4/h5,7-8,13H,1,6H2,2-4H3,(H,12,16)(H,14,15)/t7-,8?/m0/s1. The average Bonchev–Trinajstić information content (AvgIpc) is 2.12. The quantitative estimate of drug-likeness (QED) is 0.625. The molecule has 1 unspecified atom stereocenters. The number of nitrogens with one attached hydrogen (secondary N) is 1. The number of hydrogen-bond donors (Lipinski definition) is 3. The van der Waals surface area contributed by atoms with E-state index >= 15 is 0 Å². The molecule has 0 aliphatic heterocycles.